The van der Waals surface area contributed by atoms with Gasteiger partial charge in [0.25, 0.3) is 0 Å². The standard InChI is InChI=1S/C29H20BrN5/c30-27-16-15-26(28-29(27)33-35(32-28)25-17-19-31-20-18-25)21-11-13-24(14-12-21)34(22-7-3-1-4-8-22)23-9-5-2-6-10-23/h1-20H. The van der Waals surface area contributed by atoms with Gasteiger partial charge in [0.1, 0.15) is 11.0 Å². The molecular weight excluding hydrogens is 498 g/mol. The number of hydrogen-bond acceptors (Lipinski definition) is 4. The van der Waals surface area contributed by atoms with E-state index in [1.807, 2.05) is 30.3 Å². The minimum Gasteiger partial charge on any atom is -0.311 e. The molecule has 0 radical (unpaired) electrons. The van der Waals surface area contributed by atoms with E-state index in [1.54, 1.807) is 17.2 Å². The fourth-order valence-electron chi connectivity index (χ4n) is 4.18. The summed E-state index contributed by atoms with van der Waals surface area (Å²) < 4.78 is 0.910. The molecular formula is C29H20BrN5. The number of benzene rings is 4. The Hall–Kier alpha value is -4.29. The zero-order chi connectivity index (χ0) is 23.6. The van der Waals surface area contributed by atoms with Gasteiger partial charge in [-0.05, 0) is 76.1 Å². The highest BCUT2D eigenvalue weighted by molar-refractivity contribution is 9.10. The molecule has 0 aliphatic rings. The second-order valence-corrected chi connectivity index (χ2v) is 8.89. The Morgan fingerprint density at radius 1 is 0.571 bits per heavy atom. The molecule has 0 saturated carbocycles. The molecule has 0 fully saturated rings. The number of rotatable bonds is 5. The quantitative estimate of drug-likeness (QED) is 0.235. The van der Waals surface area contributed by atoms with E-state index in [4.69, 9.17) is 10.2 Å². The van der Waals surface area contributed by atoms with Crippen molar-refractivity contribution in [3.8, 4) is 16.8 Å². The molecule has 6 heteroatoms. The van der Waals surface area contributed by atoms with Crippen molar-refractivity contribution >= 4 is 44.0 Å². The first kappa shape index (κ1) is 21.3. The highest BCUT2D eigenvalue weighted by Gasteiger charge is 2.15. The molecule has 0 amide bonds. The van der Waals surface area contributed by atoms with E-state index in [0.717, 1.165) is 49.4 Å². The van der Waals surface area contributed by atoms with Gasteiger partial charge in [-0.15, -0.1) is 10.2 Å². The summed E-state index contributed by atoms with van der Waals surface area (Å²) in [6.07, 6.45) is 3.48. The van der Waals surface area contributed by atoms with Crippen molar-refractivity contribution in [2.75, 3.05) is 4.90 Å². The monoisotopic (exact) mass is 517 g/mol. The van der Waals surface area contributed by atoms with E-state index in [1.165, 1.54) is 0 Å². The van der Waals surface area contributed by atoms with Gasteiger partial charge in [0, 0.05) is 39.5 Å². The molecule has 0 atom stereocenters. The van der Waals surface area contributed by atoms with Gasteiger partial charge in [-0.25, -0.2) is 0 Å². The van der Waals surface area contributed by atoms with Gasteiger partial charge in [-0.1, -0.05) is 54.6 Å². The third-order valence-electron chi connectivity index (χ3n) is 5.85. The van der Waals surface area contributed by atoms with Crippen LogP contribution in [0.2, 0.25) is 0 Å². The lowest BCUT2D eigenvalue weighted by molar-refractivity contribution is 0.764. The number of hydrogen-bond donors (Lipinski definition) is 0. The van der Waals surface area contributed by atoms with Crippen LogP contribution in [0.5, 0.6) is 0 Å². The number of pyridine rings is 1. The number of halogens is 1. The lowest BCUT2D eigenvalue weighted by Crippen LogP contribution is -2.09. The van der Waals surface area contributed by atoms with E-state index in [9.17, 15) is 0 Å². The summed E-state index contributed by atoms with van der Waals surface area (Å²) in [5, 5.41) is 9.53. The maximum absolute atomic E-state index is 4.81. The molecule has 168 valence electrons. The van der Waals surface area contributed by atoms with Crippen LogP contribution in [0.15, 0.2) is 126 Å². The van der Waals surface area contributed by atoms with Crippen LogP contribution in [0.1, 0.15) is 0 Å². The average molecular weight is 518 g/mol. The van der Waals surface area contributed by atoms with Crippen LogP contribution in [0.4, 0.5) is 17.1 Å². The van der Waals surface area contributed by atoms with Crippen molar-refractivity contribution in [3.05, 3.63) is 126 Å². The molecule has 5 nitrogen and oxygen atoms in total. The predicted octanol–water partition coefficient (Wildman–Crippen LogP) is 7.71. The molecule has 0 N–H and O–H groups in total. The topological polar surface area (TPSA) is 46.8 Å². The predicted molar refractivity (Wildman–Crippen MR) is 144 cm³/mol. The Morgan fingerprint density at radius 3 is 1.77 bits per heavy atom. The van der Waals surface area contributed by atoms with Gasteiger partial charge in [0.05, 0.1) is 5.69 Å². The van der Waals surface area contributed by atoms with Crippen molar-refractivity contribution in [2.45, 2.75) is 0 Å². The zero-order valence-corrected chi connectivity index (χ0v) is 20.2. The van der Waals surface area contributed by atoms with Gasteiger partial charge < -0.3 is 4.90 Å². The third-order valence-corrected chi connectivity index (χ3v) is 6.49. The molecule has 6 rings (SSSR count). The first-order valence-corrected chi connectivity index (χ1v) is 12.0. The summed E-state index contributed by atoms with van der Waals surface area (Å²) in [6.45, 7) is 0. The van der Waals surface area contributed by atoms with Crippen LogP contribution < -0.4 is 4.90 Å². The highest BCUT2D eigenvalue weighted by atomic mass is 79.9. The molecule has 35 heavy (non-hydrogen) atoms. The largest absolute Gasteiger partial charge is 0.311 e. The van der Waals surface area contributed by atoms with Crippen LogP contribution in [-0.2, 0) is 0 Å². The molecule has 6 aromatic rings. The van der Waals surface area contributed by atoms with E-state index in [0.29, 0.717) is 0 Å². The molecule has 4 aromatic carbocycles. The number of aromatic nitrogens is 4. The molecule has 0 unspecified atom stereocenters. The van der Waals surface area contributed by atoms with E-state index in [2.05, 4.69) is 105 Å². The summed E-state index contributed by atoms with van der Waals surface area (Å²) in [5.74, 6) is 0. The van der Waals surface area contributed by atoms with Crippen LogP contribution in [-0.4, -0.2) is 20.0 Å². The fraction of sp³-hybridized carbons (Fsp3) is 0. The Morgan fingerprint density at radius 2 is 1.14 bits per heavy atom. The molecule has 0 spiro atoms. The SMILES string of the molecule is Brc1ccc(-c2ccc(N(c3ccccc3)c3ccccc3)cc2)c2nn(-c3ccncc3)nc12. The van der Waals surface area contributed by atoms with Crippen molar-refractivity contribution < 1.29 is 0 Å². The van der Waals surface area contributed by atoms with Crippen molar-refractivity contribution in [3.63, 3.8) is 0 Å². The first-order chi connectivity index (χ1) is 17.3. The maximum atomic E-state index is 4.81. The first-order valence-electron chi connectivity index (χ1n) is 11.2. The Kier molecular flexibility index (Phi) is 5.56. The number of nitrogens with zero attached hydrogens (tertiary/aromatic N) is 5. The summed E-state index contributed by atoms with van der Waals surface area (Å²) in [7, 11) is 0. The fourth-order valence-corrected chi connectivity index (χ4v) is 4.58. The summed E-state index contributed by atoms with van der Waals surface area (Å²) in [6, 6.07) is 37.3. The van der Waals surface area contributed by atoms with E-state index >= 15 is 0 Å². The Balaban J connectivity index is 1.43. The van der Waals surface area contributed by atoms with Crippen LogP contribution in [0, 0.1) is 0 Å². The van der Waals surface area contributed by atoms with Gasteiger partial charge in [-0.2, -0.15) is 4.80 Å². The number of para-hydroxylation sites is 2. The second kappa shape index (κ2) is 9.16. The number of anilines is 3. The van der Waals surface area contributed by atoms with Gasteiger partial charge in [0.2, 0.25) is 0 Å². The molecule has 0 saturated heterocycles. The smallest absolute Gasteiger partial charge is 0.128 e. The van der Waals surface area contributed by atoms with Crippen molar-refractivity contribution in [1.82, 2.24) is 20.0 Å². The minimum atomic E-state index is 0.818. The molecule has 2 heterocycles. The van der Waals surface area contributed by atoms with Crippen LogP contribution in [0.25, 0.3) is 27.8 Å². The average Bonchev–Trinajstić information content (AvgIpc) is 3.38. The van der Waals surface area contributed by atoms with Crippen molar-refractivity contribution in [1.29, 1.82) is 0 Å². The summed E-state index contributed by atoms with van der Waals surface area (Å²) in [5.41, 5.74) is 7.93. The lowest BCUT2D eigenvalue weighted by atomic mass is 10.0. The van der Waals surface area contributed by atoms with Gasteiger partial charge in [-0.3, -0.25) is 4.98 Å². The zero-order valence-electron chi connectivity index (χ0n) is 18.7. The molecule has 0 bridgehead atoms. The summed E-state index contributed by atoms with van der Waals surface area (Å²) in [4.78, 5) is 8.00. The highest BCUT2D eigenvalue weighted by Crippen LogP contribution is 2.37. The normalized spacial score (nSPS) is 11.0. The van der Waals surface area contributed by atoms with E-state index < -0.39 is 0 Å². The molecule has 0 aliphatic heterocycles. The van der Waals surface area contributed by atoms with Gasteiger partial charge in [0.15, 0.2) is 0 Å². The minimum absolute atomic E-state index is 0.818. The molecule has 0 aliphatic carbocycles. The lowest BCUT2D eigenvalue weighted by Gasteiger charge is -2.25. The van der Waals surface area contributed by atoms with Crippen LogP contribution >= 0.6 is 15.9 Å². The summed E-state index contributed by atoms with van der Waals surface area (Å²) >= 11 is 3.64. The third kappa shape index (κ3) is 4.09. The van der Waals surface area contributed by atoms with Crippen LogP contribution in [0.3, 0.4) is 0 Å². The maximum Gasteiger partial charge on any atom is 0.128 e. The van der Waals surface area contributed by atoms with Crippen molar-refractivity contribution in [2.24, 2.45) is 0 Å². The number of fused-ring (bicyclic) bond motifs is 1. The Bertz CT molecular complexity index is 1540. The Labute approximate surface area is 211 Å². The molecule has 2 aromatic heterocycles. The van der Waals surface area contributed by atoms with Gasteiger partial charge >= 0.3 is 0 Å². The van der Waals surface area contributed by atoms with E-state index in [-0.39, 0.29) is 0 Å². The second-order valence-electron chi connectivity index (χ2n) is 8.04.